The maximum Gasteiger partial charge on any atom is 0.130 e. The minimum absolute atomic E-state index is 0.287. The molecule has 28 heavy (non-hydrogen) atoms. The van der Waals surface area contributed by atoms with Crippen molar-refractivity contribution in [2.45, 2.75) is 32.2 Å². The average molecular weight is 367 g/mol. The van der Waals surface area contributed by atoms with Gasteiger partial charge in [0.2, 0.25) is 0 Å². The first kappa shape index (κ1) is 16.8. The van der Waals surface area contributed by atoms with Crippen LogP contribution in [0.25, 0.3) is 22.3 Å². The zero-order valence-electron chi connectivity index (χ0n) is 15.8. The van der Waals surface area contributed by atoms with Crippen LogP contribution in [0.3, 0.4) is 0 Å². The first-order valence-electron chi connectivity index (χ1n) is 9.67. The van der Waals surface area contributed by atoms with Crippen molar-refractivity contribution in [1.29, 1.82) is 0 Å². The number of nitrogens with zero attached hydrogens (tertiary/aromatic N) is 4. The maximum atomic E-state index is 4.65. The fraction of sp³-hybridized carbons (Fsp3) is 0.217. The number of hydrogen-bond donors (Lipinski definition) is 1. The minimum Gasteiger partial charge on any atom is -0.363 e. The molecule has 0 radical (unpaired) electrons. The summed E-state index contributed by atoms with van der Waals surface area (Å²) in [7, 11) is 0. The summed E-state index contributed by atoms with van der Waals surface area (Å²) in [6.07, 6.45) is 6.88. The molecule has 5 rings (SSSR count). The van der Waals surface area contributed by atoms with Gasteiger partial charge in [0, 0.05) is 24.0 Å². The summed E-state index contributed by atoms with van der Waals surface area (Å²) in [5.74, 6) is 1.62. The number of hydrogen-bond acceptors (Lipinski definition) is 5. The Bertz CT molecular complexity index is 1150. The third-order valence-electron chi connectivity index (χ3n) is 5.29. The maximum absolute atomic E-state index is 4.65. The SMILES string of the molecule is Cc1nc(N[C@@H]2CCCc3ccccc32)cc(-c2ccc3nccnc3c2)n1. The molecule has 0 fully saturated rings. The van der Waals surface area contributed by atoms with Crippen molar-refractivity contribution in [3.63, 3.8) is 0 Å². The van der Waals surface area contributed by atoms with Crippen LogP contribution in [0.1, 0.15) is 35.8 Å². The summed E-state index contributed by atoms with van der Waals surface area (Å²) in [4.78, 5) is 18.0. The molecule has 0 spiro atoms. The van der Waals surface area contributed by atoms with E-state index >= 15 is 0 Å². The number of fused-ring (bicyclic) bond motifs is 2. The molecule has 4 aromatic rings. The Kier molecular flexibility index (Phi) is 4.20. The highest BCUT2D eigenvalue weighted by molar-refractivity contribution is 5.80. The summed E-state index contributed by atoms with van der Waals surface area (Å²) >= 11 is 0. The largest absolute Gasteiger partial charge is 0.363 e. The van der Waals surface area contributed by atoms with Crippen molar-refractivity contribution in [3.8, 4) is 11.3 Å². The molecule has 1 atom stereocenters. The van der Waals surface area contributed by atoms with Gasteiger partial charge < -0.3 is 5.32 Å². The molecule has 5 heteroatoms. The Morgan fingerprint density at radius 3 is 2.71 bits per heavy atom. The van der Waals surface area contributed by atoms with Crippen LogP contribution in [0, 0.1) is 6.92 Å². The van der Waals surface area contributed by atoms with E-state index in [1.165, 1.54) is 17.5 Å². The quantitative estimate of drug-likeness (QED) is 0.559. The Morgan fingerprint density at radius 2 is 1.79 bits per heavy atom. The zero-order chi connectivity index (χ0) is 18.9. The molecule has 2 aromatic heterocycles. The van der Waals surface area contributed by atoms with Crippen molar-refractivity contribution in [1.82, 2.24) is 19.9 Å². The van der Waals surface area contributed by atoms with Crippen LogP contribution in [0.5, 0.6) is 0 Å². The first-order valence-corrected chi connectivity index (χ1v) is 9.67. The molecule has 0 saturated heterocycles. The topological polar surface area (TPSA) is 63.6 Å². The van der Waals surface area contributed by atoms with Gasteiger partial charge in [0.25, 0.3) is 0 Å². The van der Waals surface area contributed by atoms with Gasteiger partial charge >= 0.3 is 0 Å². The van der Waals surface area contributed by atoms with Gasteiger partial charge in [-0.1, -0.05) is 30.3 Å². The lowest BCUT2D eigenvalue weighted by Crippen LogP contribution is -2.18. The second kappa shape index (κ2) is 7.00. The van der Waals surface area contributed by atoms with E-state index in [0.717, 1.165) is 46.8 Å². The molecule has 0 aliphatic heterocycles. The van der Waals surface area contributed by atoms with Gasteiger partial charge in [-0.25, -0.2) is 9.97 Å². The van der Waals surface area contributed by atoms with E-state index < -0.39 is 0 Å². The van der Waals surface area contributed by atoms with E-state index in [0.29, 0.717) is 0 Å². The van der Waals surface area contributed by atoms with Crippen LogP contribution in [-0.2, 0) is 6.42 Å². The monoisotopic (exact) mass is 367 g/mol. The van der Waals surface area contributed by atoms with Crippen molar-refractivity contribution < 1.29 is 0 Å². The second-order valence-electron chi connectivity index (χ2n) is 7.23. The van der Waals surface area contributed by atoms with Crippen molar-refractivity contribution in [2.24, 2.45) is 0 Å². The van der Waals surface area contributed by atoms with Crippen LogP contribution in [0.2, 0.25) is 0 Å². The molecular weight excluding hydrogens is 346 g/mol. The van der Waals surface area contributed by atoms with Crippen molar-refractivity contribution in [3.05, 3.63) is 77.9 Å². The van der Waals surface area contributed by atoms with Gasteiger partial charge in [0.15, 0.2) is 0 Å². The Hall–Kier alpha value is -3.34. The smallest absolute Gasteiger partial charge is 0.130 e. The van der Waals surface area contributed by atoms with Crippen LogP contribution in [0.4, 0.5) is 5.82 Å². The fourth-order valence-corrected chi connectivity index (χ4v) is 3.99. The average Bonchev–Trinajstić information content (AvgIpc) is 2.73. The van der Waals surface area contributed by atoms with Crippen LogP contribution in [-0.4, -0.2) is 19.9 Å². The van der Waals surface area contributed by atoms with E-state index in [9.17, 15) is 0 Å². The van der Waals surface area contributed by atoms with Gasteiger partial charge in [-0.05, 0) is 49.4 Å². The van der Waals surface area contributed by atoms with E-state index in [-0.39, 0.29) is 6.04 Å². The first-order chi connectivity index (χ1) is 13.8. The number of nitrogens with one attached hydrogen (secondary N) is 1. The van der Waals surface area contributed by atoms with Gasteiger partial charge in [0.1, 0.15) is 11.6 Å². The summed E-state index contributed by atoms with van der Waals surface area (Å²) in [6, 6.07) is 17.1. The third kappa shape index (κ3) is 3.20. The Balaban J connectivity index is 1.49. The van der Waals surface area contributed by atoms with Crippen LogP contribution >= 0.6 is 0 Å². The predicted molar refractivity (Wildman–Crippen MR) is 111 cm³/mol. The molecule has 0 bridgehead atoms. The molecule has 1 aliphatic carbocycles. The molecule has 1 N–H and O–H groups in total. The standard InChI is InChI=1S/C23H21N5/c1-15-26-21(17-9-10-20-22(13-17)25-12-11-24-20)14-23(27-15)28-19-8-4-6-16-5-2-3-7-18(16)19/h2-3,5,7,9-14,19H,4,6,8H2,1H3,(H,26,27,28)/t19-/m1/s1. The molecule has 0 unspecified atom stereocenters. The molecule has 138 valence electrons. The van der Waals surface area contributed by atoms with Crippen molar-refractivity contribution in [2.75, 3.05) is 5.32 Å². The summed E-state index contributed by atoms with van der Waals surface area (Å²) in [6.45, 7) is 1.93. The number of benzene rings is 2. The minimum atomic E-state index is 0.287. The van der Waals surface area contributed by atoms with Gasteiger partial charge in [-0.3, -0.25) is 9.97 Å². The molecule has 2 heterocycles. The summed E-state index contributed by atoms with van der Waals surface area (Å²) in [5.41, 5.74) is 6.48. The highest BCUT2D eigenvalue weighted by atomic mass is 15.0. The molecule has 5 nitrogen and oxygen atoms in total. The fourth-order valence-electron chi connectivity index (χ4n) is 3.99. The zero-order valence-corrected chi connectivity index (χ0v) is 15.8. The molecule has 0 saturated carbocycles. The number of anilines is 1. The number of rotatable bonds is 3. The van der Waals surface area contributed by atoms with E-state index in [2.05, 4.69) is 49.5 Å². The third-order valence-corrected chi connectivity index (χ3v) is 5.29. The lowest BCUT2D eigenvalue weighted by Gasteiger charge is -2.27. The summed E-state index contributed by atoms with van der Waals surface area (Å²) < 4.78 is 0. The van der Waals surface area contributed by atoms with Gasteiger partial charge in [-0.15, -0.1) is 0 Å². The van der Waals surface area contributed by atoms with E-state index in [4.69, 9.17) is 0 Å². The number of aromatic nitrogens is 4. The van der Waals surface area contributed by atoms with E-state index in [1.807, 2.05) is 31.2 Å². The van der Waals surface area contributed by atoms with Gasteiger partial charge in [-0.2, -0.15) is 0 Å². The molecule has 2 aromatic carbocycles. The molecular formula is C23H21N5. The highest BCUT2D eigenvalue weighted by Gasteiger charge is 2.20. The predicted octanol–water partition coefficient (Wildman–Crippen LogP) is 4.88. The van der Waals surface area contributed by atoms with E-state index in [1.54, 1.807) is 12.4 Å². The molecule has 1 aliphatic rings. The van der Waals surface area contributed by atoms with Crippen LogP contribution < -0.4 is 5.32 Å². The Morgan fingerprint density at radius 1 is 0.929 bits per heavy atom. The van der Waals surface area contributed by atoms with Crippen LogP contribution in [0.15, 0.2) is 60.9 Å². The second-order valence-corrected chi connectivity index (χ2v) is 7.23. The lowest BCUT2D eigenvalue weighted by atomic mass is 9.88. The number of aryl methyl sites for hydroxylation is 2. The van der Waals surface area contributed by atoms with Gasteiger partial charge in [0.05, 0.1) is 22.8 Å². The highest BCUT2D eigenvalue weighted by Crippen LogP contribution is 2.32. The van der Waals surface area contributed by atoms with Crippen molar-refractivity contribution >= 4 is 16.9 Å². The molecule has 0 amide bonds. The Labute approximate surface area is 163 Å². The normalized spacial score (nSPS) is 16.0. The lowest BCUT2D eigenvalue weighted by molar-refractivity contribution is 0.598. The summed E-state index contributed by atoms with van der Waals surface area (Å²) in [5, 5.41) is 3.65.